The van der Waals surface area contributed by atoms with Crippen molar-refractivity contribution in [1.82, 2.24) is 0 Å². The normalized spacial score (nSPS) is 13.4. The number of furan rings is 1. The lowest BCUT2D eigenvalue weighted by molar-refractivity contribution is -0.153. The number of fused-ring (bicyclic) bond motifs is 2. The molecule has 9 heteroatoms. The Morgan fingerprint density at radius 3 is 2.22 bits per heavy atom. The molecule has 0 radical (unpaired) electrons. The number of ether oxygens (including phenoxy) is 2. The molecule has 2 N–H and O–H groups in total. The summed E-state index contributed by atoms with van der Waals surface area (Å²) < 4.78 is 15.2. The predicted octanol–water partition coefficient (Wildman–Crippen LogP) is 2.09. The molecular weight excluding hydrogens is 418 g/mol. The van der Waals surface area contributed by atoms with Crippen LogP contribution in [0, 0.1) is 5.92 Å². The second-order valence-corrected chi connectivity index (χ2v) is 7.64. The van der Waals surface area contributed by atoms with Crippen molar-refractivity contribution < 1.29 is 37.9 Å². The van der Waals surface area contributed by atoms with E-state index in [1.807, 2.05) is 0 Å². The molecule has 0 aliphatic heterocycles. The molecular formula is C23H23NO8. The van der Waals surface area contributed by atoms with Crippen molar-refractivity contribution >= 4 is 29.3 Å². The summed E-state index contributed by atoms with van der Waals surface area (Å²) in [4.78, 5) is 61.0. The maximum absolute atomic E-state index is 12.6. The number of nitrogens with two attached hydrogens (primary N) is 1. The lowest BCUT2D eigenvalue weighted by atomic mass is 9.88. The van der Waals surface area contributed by atoms with Gasteiger partial charge in [0, 0.05) is 17.5 Å². The molecule has 0 bridgehead atoms. The van der Waals surface area contributed by atoms with E-state index in [9.17, 15) is 24.0 Å². The first kappa shape index (κ1) is 23.1. The van der Waals surface area contributed by atoms with Crippen LogP contribution in [0.4, 0.5) is 0 Å². The molecule has 0 fully saturated rings. The Labute approximate surface area is 183 Å². The van der Waals surface area contributed by atoms with Crippen LogP contribution in [0.5, 0.6) is 0 Å². The highest BCUT2D eigenvalue weighted by molar-refractivity contribution is 6.27. The zero-order chi connectivity index (χ0) is 23.4. The van der Waals surface area contributed by atoms with Crippen LogP contribution >= 0.6 is 0 Å². The van der Waals surface area contributed by atoms with Gasteiger partial charge in [-0.2, -0.15) is 0 Å². The molecule has 1 aromatic heterocycles. The molecule has 0 amide bonds. The van der Waals surface area contributed by atoms with Crippen LogP contribution in [0.25, 0.3) is 0 Å². The number of ketones is 3. The van der Waals surface area contributed by atoms with Crippen molar-refractivity contribution in [2.75, 3.05) is 13.2 Å². The van der Waals surface area contributed by atoms with Gasteiger partial charge >= 0.3 is 11.9 Å². The summed E-state index contributed by atoms with van der Waals surface area (Å²) in [6, 6.07) is 6.82. The zero-order valence-electron chi connectivity index (χ0n) is 17.7. The standard InChI is InChI=1S/C23H23NO8/c1-12(2)19(24)23(29)31-10-9-30-18(26)8-7-16(25)17-11-15-20(27)13-5-3-4-6-14(13)21(28)22(15)32-17/h3-6,11-12,19H,7-10,24H2,1-2H3/t19-/m0/s1. The first-order valence-corrected chi connectivity index (χ1v) is 10.1. The van der Waals surface area contributed by atoms with Gasteiger partial charge in [0.15, 0.2) is 23.1 Å². The van der Waals surface area contributed by atoms with Crippen molar-refractivity contribution in [3.05, 3.63) is 58.5 Å². The number of hydrogen-bond acceptors (Lipinski definition) is 9. The molecule has 1 heterocycles. The molecule has 0 saturated heterocycles. The Bertz CT molecular complexity index is 1030. The first-order chi connectivity index (χ1) is 15.2. The molecule has 3 rings (SSSR count). The van der Waals surface area contributed by atoms with E-state index in [0.717, 1.165) is 0 Å². The number of carbonyl (C=O) groups excluding carboxylic acids is 5. The van der Waals surface area contributed by atoms with Crippen LogP contribution in [-0.4, -0.2) is 48.5 Å². The van der Waals surface area contributed by atoms with Gasteiger partial charge in [-0.1, -0.05) is 38.1 Å². The van der Waals surface area contributed by atoms with E-state index in [4.69, 9.17) is 19.6 Å². The quantitative estimate of drug-likeness (QED) is 0.300. The summed E-state index contributed by atoms with van der Waals surface area (Å²) in [6.07, 6.45) is -0.482. The topological polar surface area (TPSA) is 143 Å². The Balaban J connectivity index is 1.50. The lowest BCUT2D eigenvalue weighted by Gasteiger charge is -2.14. The van der Waals surface area contributed by atoms with E-state index in [-0.39, 0.29) is 60.2 Å². The molecule has 1 aliphatic rings. The van der Waals surface area contributed by atoms with Gasteiger partial charge in [-0.3, -0.25) is 24.0 Å². The Hall–Kier alpha value is -3.59. The van der Waals surface area contributed by atoms with Crippen molar-refractivity contribution in [1.29, 1.82) is 0 Å². The van der Waals surface area contributed by atoms with Crippen LogP contribution in [0.15, 0.2) is 34.7 Å². The molecule has 0 unspecified atom stereocenters. The van der Waals surface area contributed by atoms with Crippen molar-refractivity contribution in [3.8, 4) is 0 Å². The summed E-state index contributed by atoms with van der Waals surface area (Å²) >= 11 is 0. The van der Waals surface area contributed by atoms with E-state index in [1.165, 1.54) is 18.2 Å². The maximum Gasteiger partial charge on any atom is 0.323 e. The van der Waals surface area contributed by atoms with Gasteiger partial charge in [-0.05, 0) is 12.0 Å². The Morgan fingerprint density at radius 2 is 1.56 bits per heavy atom. The Morgan fingerprint density at radius 1 is 0.938 bits per heavy atom. The third kappa shape index (κ3) is 4.83. The van der Waals surface area contributed by atoms with Gasteiger partial charge in [-0.25, -0.2) is 0 Å². The number of carbonyl (C=O) groups is 5. The molecule has 2 aromatic rings. The summed E-state index contributed by atoms with van der Waals surface area (Å²) in [7, 11) is 0. The third-order valence-corrected chi connectivity index (χ3v) is 5.01. The lowest BCUT2D eigenvalue weighted by Crippen LogP contribution is -2.37. The minimum absolute atomic E-state index is 0.0287. The zero-order valence-corrected chi connectivity index (χ0v) is 17.7. The maximum atomic E-state index is 12.6. The van der Waals surface area contributed by atoms with Crippen LogP contribution < -0.4 is 5.73 Å². The van der Waals surface area contributed by atoms with Crippen LogP contribution in [-0.2, 0) is 19.1 Å². The van der Waals surface area contributed by atoms with Gasteiger partial charge < -0.3 is 19.6 Å². The largest absolute Gasteiger partial charge is 0.462 e. The minimum atomic E-state index is -0.756. The van der Waals surface area contributed by atoms with E-state index < -0.39 is 35.3 Å². The van der Waals surface area contributed by atoms with Crippen LogP contribution in [0.1, 0.15) is 69.3 Å². The van der Waals surface area contributed by atoms with Gasteiger partial charge in [0.05, 0.1) is 12.0 Å². The summed E-state index contributed by atoms with van der Waals surface area (Å²) in [5.74, 6) is -3.10. The molecule has 32 heavy (non-hydrogen) atoms. The van der Waals surface area contributed by atoms with E-state index in [2.05, 4.69) is 0 Å². The molecule has 168 valence electrons. The minimum Gasteiger partial charge on any atom is -0.462 e. The first-order valence-electron chi connectivity index (χ1n) is 10.1. The van der Waals surface area contributed by atoms with E-state index in [0.29, 0.717) is 0 Å². The van der Waals surface area contributed by atoms with Crippen LogP contribution in [0.3, 0.4) is 0 Å². The Kier molecular flexibility index (Phi) is 6.99. The molecule has 0 spiro atoms. The highest BCUT2D eigenvalue weighted by atomic mass is 16.6. The molecule has 1 atom stereocenters. The SMILES string of the molecule is CC(C)[C@H](N)C(=O)OCCOC(=O)CCC(=O)c1cc2c(o1)C(=O)c1ccccc1C2=O. The van der Waals surface area contributed by atoms with E-state index in [1.54, 1.807) is 26.0 Å². The molecule has 1 aromatic carbocycles. The van der Waals surface area contributed by atoms with Crippen molar-refractivity contribution in [2.45, 2.75) is 32.7 Å². The number of esters is 2. The number of rotatable bonds is 9. The van der Waals surface area contributed by atoms with Crippen LogP contribution in [0.2, 0.25) is 0 Å². The fourth-order valence-electron chi connectivity index (χ4n) is 3.09. The average molecular weight is 441 g/mol. The monoisotopic (exact) mass is 441 g/mol. The molecule has 0 saturated carbocycles. The van der Waals surface area contributed by atoms with Gasteiger partial charge in [0.2, 0.25) is 5.78 Å². The van der Waals surface area contributed by atoms with Crippen molar-refractivity contribution in [2.24, 2.45) is 11.7 Å². The van der Waals surface area contributed by atoms with Gasteiger partial charge in [-0.15, -0.1) is 0 Å². The number of hydrogen-bond donors (Lipinski definition) is 1. The van der Waals surface area contributed by atoms with Gasteiger partial charge in [0.1, 0.15) is 19.3 Å². The second kappa shape index (κ2) is 9.69. The smallest absolute Gasteiger partial charge is 0.323 e. The average Bonchev–Trinajstić information content (AvgIpc) is 3.24. The third-order valence-electron chi connectivity index (χ3n) is 5.01. The van der Waals surface area contributed by atoms with Crippen molar-refractivity contribution in [3.63, 3.8) is 0 Å². The fraction of sp³-hybridized carbons (Fsp3) is 0.348. The summed E-state index contributed by atoms with van der Waals surface area (Å²) in [5.41, 5.74) is 6.15. The summed E-state index contributed by atoms with van der Waals surface area (Å²) in [5, 5.41) is 0. The molecule has 9 nitrogen and oxygen atoms in total. The fourth-order valence-corrected chi connectivity index (χ4v) is 3.09. The highest BCUT2D eigenvalue weighted by Gasteiger charge is 2.34. The van der Waals surface area contributed by atoms with Gasteiger partial charge in [0.25, 0.3) is 0 Å². The highest BCUT2D eigenvalue weighted by Crippen LogP contribution is 2.30. The second-order valence-electron chi connectivity index (χ2n) is 7.64. The summed E-state index contributed by atoms with van der Waals surface area (Å²) in [6.45, 7) is 3.25. The number of Topliss-reactive ketones (excluding diaryl/α,β-unsaturated/α-hetero) is 1. The number of benzene rings is 1. The molecule has 1 aliphatic carbocycles. The van der Waals surface area contributed by atoms with E-state index >= 15 is 0 Å². The predicted molar refractivity (Wildman–Crippen MR) is 110 cm³/mol.